The zero-order valence-corrected chi connectivity index (χ0v) is 16.4. The third kappa shape index (κ3) is 4.92. The number of hydrogen-bond donors (Lipinski definition) is 1. The number of nitrogens with one attached hydrogen (secondary N) is 1. The lowest BCUT2D eigenvalue weighted by Gasteiger charge is -2.16. The molecule has 3 rings (SSSR count). The lowest BCUT2D eigenvalue weighted by molar-refractivity contribution is 0.0939. The van der Waals surface area contributed by atoms with E-state index in [1.54, 1.807) is 19.2 Å². The molecule has 4 nitrogen and oxygen atoms in total. The number of carbonyl (C=O) groups is 1. The third-order valence-corrected chi connectivity index (χ3v) is 4.57. The maximum absolute atomic E-state index is 12.7. The summed E-state index contributed by atoms with van der Waals surface area (Å²) in [6, 6.07) is 23.1. The number of hydrogen-bond acceptors (Lipinski definition) is 3. The smallest absolute Gasteiger partial charge is 0.251 e. The van der Waals surface area contributed by atoms with E-state index in [2.05, 4.69) is 5.32 Å². The van der Waals surface area contributed by atoms with Gasteiger partial charge in [0.1, 0.15) is 18.1 Å². The van der Waals surface area contributed by atoms with Crippen molar-refractivity contribution in [1.29, 1.82) is 0 Å². The van der Waals surface area contributed by atoms with Crippen LogP contribution in [-0.4, -0.2) is 13.0 Å². The van der Waals surface area contributed by atoms with Gasteiger partial charge in [-0.1, -0.05) is 42.5 Å². The molecule has 0 bridgehead atoms. The van der Waals surface area contributed by atoms with Gasteiger partial charge in [-0.25, -0.2) is 0 Å². The normalized spacial score (nSPS) is 11.5. The van der Waals surface area contributed by atoms with Gasteiger partial charge in [0, 0.05) is 11.1 Å². The summed E-state index contributed by atoms with van der Waals surface area (Å²) in [6.07, 6.45) is 0. The standard InChI is InChI=1S/C24H25NO3/c1-17-8-7-11-22(14-17)28-16-21-15-20(12-13-23(21)27-3)24(26)25-18(2)19-9-5-4-6-10-19/h4-15,18H,16H2,1-3H3,(H,25,26). The lowest BCUT2D eigenvalue weighted by Crippen LogP contribution is -2.26. The molecule has 3 aromatic carbocycles. The molecule has 0 heterocycles. The van der Waals surface area contributed by atoms with E-state index in [1.807, 2.05) is 74.5 Å². The van der Waals surface area contributed by atoms with Crippen molar-refractivity contribution in [3.63, 3.8) is 0 Å². The van der Waals surface area contributed by atoms with Crippen LogP contribution in [0.5, 0.6) is 11.5 Å². The Morgan fingerprint density at radius 2 is 1.79 bits per heavy atom. The Morgan fingerprint density at radius 3 is 2.50 bits per heavy atom. The van der Waals surface area contributed by atoms with E-state index in [0.29, 0.717) is 17.9 Å². The fourth-order valence-corrected chi connectivity index (χ4v) is 3.00. The molecule has 0 saturated heterocycles. The van der Waals surface area contributed by atoms with Crippen LogP contribution >= 0.6 is 0 Å². The molecule has 0 aliphatic heterocycles. The van der Waals surface area contributed by atoms with E-state index in [4.69, 9.17) is 9.47 Å². The van der Waals surface area contributed by atoms with Crippen molar-refractivity contribution in [1.82, 2.24) is 5.32 Å². The van der Waals surface area contributed by atoms with Crippen LogP contribution in [0, 0.1) is 6.92 Å². The molecule has 1 N–H and O–H groups in total. The summed E-state index contributed by atoms with van der Waals surface area (Å²) in [5.41, 5.74) is 3.59. The largest absolute Gasteiger partial charge is 0.496 e. The van der Waals surface area contributed by atoms with E-state index in [0.717, 1.165) is 22.4 Å². The first-order valence-corrected chi connectivity index (χ1v) is 9.29. The molecule has 28 heavy (non-hydrogen) atoms. The molecule has 0 aliphatic carbocycles. The first kappa shape index (κ1) is 19.5. The molecule has 0 fully saturated rings. The number of aryl methyl sites for hydroxylation is 1. The van der Waals surface area contributed by atoms with Gasteiger partial charge < -0.3 is 14.8 Å². The molecular weight excluding hydrogens is 350 g/mol. The molecule has 1 amide bonds. The Labute approximate surface area is 166 Å². The van der Waals surface area contributed by atoms with Gasteiger partial charge >= 0.3 is 0 Å². The highest BCUT2D eigenvalue weighted by atomic mass is 16.5. The number of rotatable bonds is 7. The summed E-state index contributed by atoms with van der Waals surface area (Å²) in [6.45, 7) is 4.31. The van der Waals surface area contributed by atoms with Crippen LogP contribution in [0.3, 0.4) is 0 Å². The number of benzene rings is 3. The van der Waals surface area contributed by atoms with Gasteiger partial charge in [-0.2, -0.15) is 0 Å². The molecule has 4 heteroatoms. The van der Waals surface area contributed by atoms with Crippen LogP contribution in [0.25, 0.3) is 0 Å². The van der Waals surface area contributed by atoms with Crippen molar-refractivity contribution in [2.75, 3.05) is 7.11 Å². The molecule has 0 saturated carbocycles. The quantitative estimate of drug-likeness (QED) is 0.627. The second kappa shape index (κ2) is 9.09. The average Bonchev–Trinajstić information content (AvgIpc) is 2.72. The van der Waals surface area contributed by atoms with E-state index < -0.39 is 0 Å². The van der Waals surface area contributed by atoms with Crippen LogP contribution in [0.2, 0.25) is 0 Å². The van der Waals surface area contributed by atoms with Crippen LogP contribution in [0.4, 0.5) is 0 Å². The van der Waals surface area contributed by atoms with Crippen LogP contribution in [0.1, 0.15) is 40.0 Å². The first-order valence-electron chi connectivity index (χ1n) is 9.29. The summed E-state index contributed by atoms with van der Waals surface area (Å²) in [5.74, 6) is 1.35. The highest BCUT2D eigenvalue weighted by Gasteiger charge is 2.14. The van der Waals surface area contributed by atoms with Crippen LogP contribution < -0.4 is 14.8 Å². The molecule has 3 aromatic rings. The predicted molar refractivity (Wildman–Crippen MR) is 111 cm³/mol. The minimum Gasteiger partial charge on any atom is -0.496 e. The van der Waals surface area contributed by atoms with Crippen LogP contribution in [0.15, 0.2) is 72.8 Å². The first-order chi connectivity index (χ1) is 13.6. The van der Waals surface area contributed by atoms with Crippen molar-refractivity contribution in [2.24, 2.45) is 0 Å². The van der Waals surface area contributed by atoms with Gasteiger partial charge in [-0.15, -0.1) is 0 Å². The molecule has 0 radical (unpaired) electrons. The zero-order chi connectivity index (χ0) is 19.9. The second-order valence-corrected chi connectivity index (χ2v) is 6.74. The van der Waals surface area contributed by atoms with Gasteiger partial charge in [0.2, 0.25) is 0 Å². The number of ether oxygens (including phenoxy) is 2. The maximum atomic E-state index is 12.7. The molecule has 144 valence electrons. The van der Waals surface area contributed by atoms with Crippen molar-refractivity contribution < 1.29 is 14.3 Å². The topological polar surface area (TPSA) is 47.6 Å². The SMILES string of the molecule is COc1ccc(C(=O)NC(C)c2ccccc2)cc1COc1cccc(C)c1. The fourth-order valence-electron chi connectivity index (χ4n) is 3.00. The molecule has 0 spiro atoms. The Hall–Kier alpha value is -3.27. The highest BCUT2D eigenvalue weighted by Crippen LogP contribution is 2.23. The van der Waals surface area contributed by atoms with Gasteiger partial charge in [0.15, 0.2) is 0 Å². The Bertz CT molecular complexity index is 938. The Balaban J connectivity index is 1.73. The van der Waals surface area contributed by atoms with Crippen molar-refractivity contribution in [3.05, 3.63) is 95.1 Å². The monoisotopic (exact) mass is 375 g/mol. The van der Waals surface area contributed by atoms with Crippen molar-refractivity contribution in [2.45, 2.75) is 26.5 Å². The second-order valence-electron chi connectivity index (χ2n) is 6.74. The van der Waals surface area contributed by atoms with E-state index >= 15 is 0 Å². The lowest BCUT2D eigenvalue weighted by atomic mass is 10.1. The van der Waals surface area contributed by atoms with Gasteiger partial charge in [0.25, 0.3) is 5.91 Å². The highest BCUT2D eigenvalue weighted by molar-refractivity contribution is 5.94. The van der Waals surface area contributed by atoms with E-state index in [1.165, 1.54) is 0 Å². The Morgan fingerprint density at radius 1 is 1.00 bits per heavy atom. The third-order valence-electron chi connectivity index (χ3n) is 4.57. The zero-order valence-electron chi connectivity index (χ0n) is 16.4. The number of amides is 1. The minimum atomic E-state index is -0.129. The Kier molecular flexibility index (Phi) is 6.33. The van der Waals surface area contributed by atoms with Crippen molar-refractivity contribution in [3.8, 4) is 11.5 Å². The predicted octanol–water partition coefficient (Wildman–Crippen LogP) is 5.07. The molecule has 1 unspecified atom stereocenters. The molecule has 1 atom stereocenters. The van der Waals surface area contributed by atoms with E-state index in [9.17, 15) is 4.79 Å². The minimum absolute atomic E-state index is 0.0807. The molecule has 0 aliphatic rings. The summed E-state index contributed by atoms with van der Waals surface area (Å²) in [7, 11) is 1.61. The van der Waals surface area contributed by atoms with Gasteiger partial charge in [-0.3, -0.25) is 4.79 Å². The summed E-state index contributed by atoms with van der Waals surface area (Å²) in [4.78, 5) is 12.7. The van der Waals surface area contributed by atoms with Gasteiger partial charge in [-0.05, 0) is 55.3 Å². The molecule has 0 aromatic heterocycles. The average molecular weight is 375 g/mol. The number of methoxy groups -OCH3 is 1. The van der Waals surface area contributed by atoms with Crippen molar-refractivity contribution >= 4 is 5.91 Å². The molecular formula is C24H25NO3. The fraction of sp³-hybridized carbons (Fsp3) is 0.208. The summed E-state index contributed by atoms with van der Waals surface area (Å²) < 4.78 is 11.3. The number of carbonyl (C=O) groups excluding carboxylic acids is 1. The van der Waals surface area contributed by atoms with Crippen LogP contribution in [-0.2, 0) is 6.61 Å². The van der Waals surface area contributed by atoms with Gasteiger partial charge in [0.05, 0.1) is 13.2 Å². The van der Waals surface area contributed by atoms with E-state index in [-0.39, 0.29) is 11.9 Å². The summed E-state index contributed by atoms with van der Waals surface area (Å²) in [5, 5.41) is 3.04. The summed E-state index contributed by atoms with van der Waals surface area (Å²) >= 11 is 0. The maximum Gasteiger partial charge on any atom is 0.251 e.